The van der Waals surface area contributed by atoms with E-state index < -0.39 is 18.0 Å². The van der Waals surface area contributed by atoms with Gasteiger partial charge in [-0.1, -0.05) is 97.1 Å². The van der Waals surface area contributed by atoms with Crippen LogP contribution in [0, 0.1) is 13.8 Å². The van der Waals surface area contributed by atoms with E-state index in [1.54, 1.807) is 0 Å². The first kappa shape index (κ1) is 26.5. The maximum absolute atomic E-state index is 13.0. The van der Waals surface area contributed by atoms with E-state index in [2.05, 4.69) is 111 Å². The molecule has 204 valence electrons. The summed E-state index contributed by atoms with van der Waals surface area (Å²) in [7, 11) is 0. The minimum Gasteiger partial charge on any atom is -0.481 e. The second-order valence-electron chi connectivity index (χ2n) is 10.8. The molecule has 0 heterocycles. The van der Waals surface area contributed by atoms with E-state index in [1.165, 1.54) is 32.7 Å². The van der Waals surface area contributed by atoms with Crippen molar-refractivity contribution in [3.63, 3.8) is 0 Å². The SMILES string of the molecule is Cc1c2ccccc2c(CC(Cc2c3ccccc3c(C)c3ccccc23)OC(=O)CCC(=O)O)c2ccccc12. The van der Waals surface area contributed by atoms with Crippen LogP contribution in [0.5, 0.6) is 0 Å². The Morgan fingerprint density at radius 2 is 0.878 bits per heavy atom. The number of benzene rings is 6. The van der Waals surface area contributed by atoms with Crippen LogP contribution in [-0.4, -0.2) is 23.1 Å². The van der Waals surface area contributed by atoms with Crippen LogP contribution < -0.4 is 0 Å². The number of carbonyl (C=O) groups excluding carboxylic acids is 1. The average molecular weight is 541 g/mol. The topological polar surface area (TPSA) is 63.6 Å². The lowest BCUT2D eigenvalue weighted by Gasteiger charge is -2.23. The lowest BCUT2D eigenvalue weighted by atomic mass is 9.86. The summed E-state index contributed by atoms with van der Waals surface area (Å²) in [5, 5.41) is 18.5. The molecule has 0 aromatic heterocycles. The zero-order valence-corrected chi connectivity index (χ0v) is 23.3. The third kappa shape index (κ3) is 5.02. The average Bonchev–Trinajstić information content (AvgIpc) is 3.00. The van der Waals surface area contributed by atoms with Crippen LogP contribution in [-0.2, 0) is 27.2 Å². The van der Waals surface area contributed by atoms with Crippen LogP contribution in [0.2, 0.25) is 0 Å². The third-order valence-corrected chi connectivity index (χ3v) is 8.33. The van der Waals surface area contributed by atoms with E-state index in [4.69, 9.17) is 4.74 Å². The standard InChI is InChI=1S/C37H32O4/c1-23-26-11-3-7-15-30(26)34(31-16-8-4-12-27(23)31)21-25(41-37(40)20-19-36(38)39)22-35-32-17-9-5-13-28(32)24(2)29-14-6-10-18-33(29)35/h3-18,25H,19-22H2,1-2H3,(H,38,39). The summed E-state index contributed by atoms with van der Waals surface area (Å²) in [6.07, 6.45) is 0.128. The summed E-state index contributed by atoms with van der Waals surface area (Å²) >= 11 is 0. The summed E-state index contributed by atoms with van der Waals surface area (Å²) in [5.74, 6) is -1.50. The highest BCUT2D eigenvalue weighted by atomic mass is 16.5. The van der Waals surface area contributed by atoms with Crippen molar-refractivity contribution in [2.75, 3.05) is 0 Å². The fraction of sp³-hybridized carbons (Fsp3) is 0.189. The molecule has 0 aliphatic rings. The van der Waals surface area contributed by atoms with E-state index in [0.717, 1.165) is 32.7 Å². The van der Waals surface area contributed by atoms with Crippen molar-refractivity contribution in [3.05, 3.63) is 119 Å². The van der Waals surface area contributed by atoms with Crippen molar-refractivity contribution in [1.29, 1.82) is 0 Å². The Hall–Kier alpha value is -4.70. The van der Waals surface area contributed by atoms with Gasteiger partial charge in [-0.2, -0.15) is 0 Å². The number of esters is 1. The number of ether oxygens (including phenoxy) is 1. The molecular weight excluding hydrogens is 508 g/mol. The van der Waals surface area contributed by atoms with Crippen LogP contribution in [0.15, 0.2) is 97.1 Å². The van der Waals surface area contributed by atoms with E-state index in [-0.39, 0.29) is 12.8 Å². The molecule has 0 spiro atoms. The van der Waals surface area contributed by atoms with Crippen molar-refractivity contribution in [2.45, 2.75) is 45.6 Å². The van der Waals surface area contributed by atoms with Gasteiger partial charge in [0.2, 0.25) is 0 Å². The van der Waals surface area contributed by atoms with Crippen LogP contribution in [0.3, 0.4) is 0 Å². The first-order valence-corrected chi connectivity index (χ1v) is 14.1. The molecule has 6 rings (SSSR count). The highest BCUT2D eigenvalue weighted by molar-refractivity contribution is 6.07. The van der Waals surface area contributed by atoms with Crippen LogP contribution >= 0.6 is 0 Å². The van der Waals surface area contributed by atoms with Gasteiger partial charge >= 0.3 is 11.9 Å². The molecule has 6 aromatic carbocycles. The molecule has 0 amide bonds. The van der Waals surface area contributed by atoms with Crippen molar-refractivity contribution >= 4 is 55.0 Å². The van der Waals surface area contributed by atoms with Crippen LogP contribution in [0.1, 0.15) is 35.1 Å². The predicted molar refractivity (Wildman–Crippen MR) is 167 cm³/mol. The van der Waals surface area contributed by atoms with Gasteiger partial charge in [-0.05, 0) is 79.2 Å². The zero-order valence-electron chi connectivity index (χ0n) is 23.3. The highest BCUT2D eigenvalue weighted by Crippen LogP contribution is 2.36. The summed E-state index contributed by atoms with van der Waals surface area (Å²) in [4.78, 5) is 24.2. The quantitative estimate of drug-likeness (QED) is 0.155. The maximum atomic E-state index is 13.0. The van der Waals surface area contributed by atoms with Gasteiger partial charge in [0.25, 0.3) is 0 Å². The largest absolute Gasteiger partial charge is 0.481 e. The van der Waals surface area contributed by atoms with Gasteiger partial charge in [0.1, 0.15) is 6.10 Å². The molecule has 0 bridgehead atoms. The molecule has 0 aliphatic heterocycles. The maximum Gasteiger partial charge on any atom is 0.306 e. The molecule has 0 saturated carbocycles. The van der Waals surface area contributed by atoms with Crippen molar-refractivity contribution in [2.24, 2.45) is 0 Å². The number of hydrogen-bond donors (Lipinski definition) is 1. The van der Waals surface area contributed by atoms with Gasteiger partial charge in [-0.15, -0.1) is 0 Å². The molecule has 0 atom stereocenters. The lowest BCUT2D eigenvalue weighted by Crippen LogP contribution is -2.24. The fourth-order valence-corrected chi connectivity index (χ4v) is 6.38. The van der Waals surface area contributed by atoms with E-state index in [0.29, 0.717) is 12.8 Å². The summed E-state index contributed by atoms with van der Waals surface area (Å²) in [6.45, 7) is 4.31. The third-order valence-electron chi connectivity index (χ3n) is 8.33. The molecule has 6 aromatic rings. The number of aryl methyl sites for hydroxylation is 2. The Morgan fingerprint density at radius 1 is 0.561 bits per heavy atom. The number of aliphatic carboxylic acids is 1. The number of carbonyl (C=O) groups is 2. The van der Waals surface area contributed by atoms with E-state index in [1.807, 2.05) is 0 Å². The fourth-order valence-electron chi connectivity index (χ4n) is 6.38. The van der Waals surface area contributed by atoms with Crippen molar-refractivity contribution < 1.29 is 19.4 Å². The highest BCUT2D eigenvalue weighted by Gasteiger charge is 2.23. The molecular formula is C37H32O4. The Morgan fingerprint density at radius 3 is 1.20 bits per heavy atom. The van der Waals surface area contributed by atoms with Gasteiger partial charge in [0.05, 0.1) is 12.8 Å². The van der Waals surface area contributed by atoms with Gasteiger partial charge in [0.15, 0.2) is 0 Å². The molecule has 0 radical (unpaired) electrons. The molecule has 4 heteroatoms. The number of hydrogen-bond acceptors (Lipinski definition) is 3. The Labute approximate surface area is 239 Å². The predicted octanol–water partition coefficient (Wildman–Crippen LogP) is 8.48. The number of carboxylic acids is 1. The van der Waals surface area contributed by atoms with E-state index >= 15 is 0 Å². The van der Waals surface area contributed by atoms with Crippen LogP contribution in [0.4, 0.5) is 0 Å². The lowest BCUT2D eigenvalue weighted by molar-refractivity contribution is -0.151. The molecule has 0 unspecified atom stereocenters. The monoisotopic (exact) mass is 540 g/mol. The van der Waals surface area contributed by atoms with Gasteiger partial charge in [-0.3, -0.25) is 9.59 Å². The Balaban J connectivity index is 1.52. The Bertz CT molecular complexity index is 1710. The minimum atomic E-state index is -1.01. The molecule has 0 fully saturated rings. The summed E-state index contributed by atoms with van der Waals surface area (Å²) in [6, 6.07) is 33.6. The van der Waals surface area contributed by atoms with Crippen molar-refractivity contribution in [3.8, 4) is 0 Å². The molecule has 0 saturated heterocycles. The van der Waals surface area contributed by atoms with Gasteiger partial charge in [0, 0.05) is 12.8 Å². The normalized spacial score (nSPS) is 11.6. The van der Waals surface area contributed by atoms with E-state index in [9.17, 15) is 14.7 Å². The Kier molecular flexibility index (Phi) is 7.15. The number of rotatable bonds is 8. The number of fused-ring (bicyclic) bond motifs is 4. The molecule has 4 nitrogen and oxygen atoms in total. The summed E-state index contributed by atoms with van der Waals surface area (Å²) < 4.78 is 6.16. The second kappa shape index (κ2) is 11.1. The van der Waals surface area contributed by atoms with Gasteiger partial charge < -0.3 is 9.84 Å². The zero-order chi connectivity index (χ0) is 28.5. The molecule has 0 aliphatic carbocycles. The van der Waals surface area contributed by atoms with Crippen molar-refractivity contribution in [1.82, 2.24) is 0 Å². The second-order valence-corrected chi connectivity index (χ2v) is 10.8. The minimum absolute atomic E-state index is 0.156. The molecule has 41 heavy (non-hydrogen) atoms. The first-order chi connectivity index (χ1) is 19.9. The first-order valence-electron chi connectivity index (χ1n) is 14.1. The van der Waals surface area contributed by atoms with Crippen LogP contribution in [0.25, 0.3) is 43.1 Å². The van der Waals surface area contributed by atoms with Gasteiger partial charge in [-0.25, -0.2) is 0 Å². The summed E-state index contributed by atoms with van der Waals surface area (Å²) in [5.41, 5.74) is 4.73. The smallest absolute Gasteiger partial charge is 0.306 e. The number of carboxylic acid groups (broad SMARTS) is 1. The molecule has 1 N–H and O–H groups in total.